The van der Waals surface area contributed by atoms with Crippen LogP contribution in [0, 0.1) is 0 Å². The third-order valence-corrected chi connectivity index (χ3v) is 14.5. The number of hydrogen-bond donors (Lipinski definition) is 2. The first-order valence-corrected chi connectivity index (χ1v) is 34.2. The van der Waals surface area contributed by atoms with Crippen LogP contribution in [0.1, 0.15) is 245 Å². The van der Waals surface area contributed by atoms with Crippen LogP contribution in [-0.4, -0.2) is 74.3 Å². The van der Waals surface area contributed by atoms with Gasteiger partial charge < -0.3 is 19.4 Å². The average molecular weight is 1160 g/mol. The van der Waals surface area contributed by atoms with E-state index in [0.29, 0.717) is 23.9 Å². The van der Waals surface area contributed by atoms with Crippen LogP contribution in [0.2, 0.25) is 0 Å². The van der Waals surface area contributed by atoms with Crippen LogP contribution < -0.4 is 5.32 Å². The molecule has 0 saturated carbocycles. The third-order valence-electron chi connectivity index (χ3n) is 13.5. The quantitative estimate of drug-likeness (QED) is 0.0205. The molecule has 0 rings (SSSR count). The highest BCUT2D eigenvalue weighted by Crippen LogP contribution is 2.43. The minimum atomic E-state index is -4.48. The number of unbranched alkanes of at least 4 members (excludes halogenated alkanes) is 19. The molecule has 9 nitrogen and oxygen atoms in total. The van der Waals surface area contributed by atoms with Gasteiger partial charge in [-0.15, -0.1) is 0 Å². The second-order valence-corrected chi connectivity index (χ2v) is 24.0. The fourth-order valence-electron chi connectivity index (χ4n) is 8.56. The standard InChI is InChI=1S/C72H121N2O7P/c1-7-10-13-16-19-22-25-28-30-32-34-36-37-39-40-42-44-46-49-52-55-58-61-64-71(75)73-69(68-80-82(77,78)79-67-66-74(4,5)6)70(63-60-57-54-51-48-27-24-21-18-15-12-9-3)81-72(76)65-62-59-56-53-50-47-45-43-41-38-35-33-31-29-26-23-20-17-14-11-8-2/h10-11,13-14,19-20,22-23,28-31,34-36,38-40,43,45,50,53,60,63,69-70H,7-9,12,15-18,21,24-27,32-33,37,41-42,44,46-49,51-52,54-59,61-62,64-68H2,1-6H3,(H-,73,75,77,78)/p+1/b13-10-,14-11-,22-19-,23-20-,30-28-,31-29-,36-34-,38-35-,40-39-,45-43-,53-50-,63-60+. The number of rotatable bonds is 57. The lowest BCUT2D eigenvalue weighted by molar-refractivity contribution is -0.870. The highest BCUT2D eigenvalue weighted by molar-refractivity contribution is 7.47. The van der Waals surface area contributed by atoms with Crippen LogP contribution in [0.3, 0.4) is 0 Å². The second-order valence-electron chi connectivity index (χ2n) is 22.5. The fourth-order valence-corrected chi connectivity index (χ4v) is 9.29. The molecule has 0 aromatic heterocycles. The number of amides is 1. The summed E-state index contributed by atoms with van der Waals surface area (Å²) in [6.45, 7) is 6.73. The zero-order valence-electron chi connectivity index (χ0n) is 53.2. The van der Waals surface area contributed by atoms with Gasteiger partial charge in [-0.2, -0.15) is 0 Å². The molecule has 0 spiro atoms. The van der Waals surface area contributed by atoms with E-state index in [1.807, 2.05) is 33.3 Å². The molecular formula is C72H122N2O7P+. The summed E-state index contributed by atoms with van der Waals surface area (Å²) < 4.78 is 30.7. The Kier molecular flexibility index (Phi) is 57.0. The molecule has 3 atom stereocenters. The maximum Gasteiger partial charge on any atom is 0.472 e. The first-order chi connectivity index (χ1) is 39.9. The number of carbonyl (C=O) groups is 2. The van der Waals surface area contributed by atoms with Crippen LogP contribution in [-0.2, 0) is 27.9 Å². The molecule has 0 fully saturated rings. The van der Waals surface area contributed by atoms with Crippen molar-refractivity contribution in [1.82, 2.24) is 5.32 Å². The summed E-state index contributed by atoms with van der Waals surface area (Å²) in [7, 11) is 1.44. The van der Waals surface area contributed by atoms with Crippen molar-refractivity contribution in [2.24, 2.45) is 0 Å². The summed E-state index contributed by atoms with van der Waals surface area (Å²) in [6.07, 6.45) is 87.1. The number of hydrogen-bond acceptors (Lipinski definition) is 6. The van der Waals surface area contributed by atoms with Gasteiger partial charge in [-0.25, -0.2) is 4.57 Å². The van der Waals surface area contributed by atoms with E-state index in [-0.39, 0.29) is 31.5 Å². The number of carbonyl (C=O) groups excluding carboxylic acids is 2. The molecule has 0 aliphatic heterocycles. The number of allylic oxidation sites excluding steroid dienone is 23. The Morgan fingerprint density at radius 3 is 1.18 bits per heavy atom. The van der Waals surface area contributed by atoms with Gasteiger partial charge in [-0.3, -0.25) is 18.6 Å². The number of esters is 1. The molecule has 0 aromatic carbocycles. The number of phosphoric acid groups is 1. The zero-order chi connectivity index (χ0) is 60.0. The van der Waals surface area contributed by atoms with E-state index in [4.69, 9.17) is 13.8 Å². The van der Waals surface area contributed by atoms with Gasteiger partial charge in [0.15, 0.2) is 0 Å². The smallest absolute Gasteiger partial charge is 0.456 e. The number of nitrogens with one attached hydrogen (secondary N) is 1. The van der Waals surface area contributed by atoms with Crippen molar-refractivity contribution in [2.75, 3.05) is 40.9 Å². The number of nitrogens with zero attached hydrogens (tertiary/aromatic N) is 1. The lowest BCUT2D eigenvalue weighted by atomic mass is 10.0. The van der Waals surface area contributed by atoms with Crippen molar-refractivity contribution in [3.63, 3.8) is 0 Å². The molecule has 0 saturated heterocycles. The molecule has 0 aliphatic carbocycles. The molecule has 2 N–H and O–H groups in total. The van der Waals surface area contributed by atoms with Gasteiger partial charge in [0, 0.05) is 12.8 Å². The molecule has 0 heterocycles. The Morgan fingerprint density at radius 1 is 0.439 bits per heavy atom. The summed E-state index contributed by atoms with van der Waals surface area (Å²) in [5.74, 6) is -0.579. The molecular weight excluding hydrogens is 1040 g/mol. The van der Waals surface area contributed by atoms with Crippen molar-refractivity contribution in [3.8, 4) is 0 Å². The maximum absolute atomic E-state index is 13.6. The van der Waals surface area contributed by atoms with Gasteiger partial charge in [0.2, 0.25) is 5.91 Å². The lowest BCUT2D eigenvalue weighted by Crippen LogP contribution is -2.47. The van der Waals surface area contributed by atoms with E-state index < -0.39 is 20.0 Å². The monoisotopic (exact) mass is 1160 g/mol. The highest BCUT2D eigenvalue weighted by Gasteiger charge is 2.30. The molecule has 10 heteroatoms. The predicted octanol–water partition coefficient (Wildman–Crippen LogP) is 20.6. The van der Waals surface area contributed by atoms with Crippen LogP contribution in [0.25, 0.3) is 0 Å². The van der Waals surface area contributed by atoms with E-state index in [9.17, 15) is 19.0 Å². The molecule has 0 bridgehead atoms. The molecule has 82 heavy (non-hydrogen) atoms. The number of quaternary nitrogens is 1. The lowest BCUT2D eigenvalue weighted by Gasteiger charge is -2.27. The van der Waals surface area contributed by atoms with E-state index >= 15 is 0 Å². The predicted molar refractivity (Wildman–Crippen MR) is 355 cm³/mol. The van der Waals surface area contributed by atoms with E-state index in [0.717, 1.165) is 135 Å². The van der Waals surface area contributed by atoms with Crippen molar-refractivity contribution in [2.45, 2.75) is 258 Å². The minimum absolute atomic E-state index is 0.0222. The largest absolute Gasteiger partial charge is 0.472 e. The molecule has 3 unspecified atom stereocenters. The van der Waals surface area contributed by atoms with E-state index in [1.54, 1.807) is 0 Å². The summed E-state index contributed by atoms with van der Waals surface area (Å²) in [5.41, 5.74) is 0. The molecule has 0 radical (unpaired) electrons. The normalized spacial score (nSPS) is 14.6. The van der Waals surface area contributed by atoms with Gasteiger partial charge in [0.05, 0.1) is 33.8 Å². The van der Waals surface area contributed by atoms with E-state index in [1.165, 1.54) is 70.6 Å². The second kappa shape index (κ2) is 60.0. The van der Waals surface area contributed by atoms with Gasteiger partial charge in [-0.1, -0.05) is 250 Å². The Bertz CT molecular complexity index is 1910. The Labute approximate surface area is 504 Å². The highest BCUT2D eigenvalue weighted by atomic mass is 31.2. The van der Waals surface area contributed by atoms with Gasteiger partial charge in [0.25, 0.3) is 0 Å². The molecule has 0 aliphatic rings. The van der Waals surface area contributed by atoms with Crippen LogP contribution in [0.4, 0.5) is 0 Å². The van der Waals surface area contributed by atoms with E-state index in [2.05, 4.69) is 160 Å². The minimum Gasteiger partial charge on any atom is -0.456 e. The van der Waals surface area contributed by atoms with Gasteiger partial charge in [0.1, 0.15) is 19.3 Å². The number of likely N-dealkylation sites (N-methyl/N-ethyl adjacent to an activating group) is 1. The van der Waals surface area contributed by atoms with Crippen LogP contribution in [0.15, 0.2) is 146 Å². The Morgan fingerprint density at radius 2 is 0.780 bits per heavy atom. The topological polar surface area (TPSA) is 111 Å². The summed E-state index contributed by atoms with van der Waals surface area (Å²) in [6, 6.07) is -0.885. The van der Waals surface area contributed by atoms with Crippen molar-refractivity contribution >= 4 is 19.7 Å². The molecule has 466 valence electrons. The number of ether oxygens (including phenoxy) is 1. The Balaban J connectivity index is 5.31. The SMILES string of the molecule is CC/C=C\C/C=C\C/C=C\C/C=C\C/C=C\C/C=C\CCCCC(=O)OC(/C=C/CCCCCCCCCCCC)C(COP(=O)(O)OCC[N+](C)(C)C)NC(=O)CCCCCCCCC/C=C\C/C=C\C/C=C\C/C=C\C/C=C\CC. The molecule has 0 aromatic rings. The zero-order valence-corrected chi connectivity index (χ0v) is 54.1. The average Bonchev–Trinajstić information content (AvgIpc) is 3.44. The fraction of sp³-hybridized carbons (Fsp3) is 0.639. The van der Waals surface area contributed by atoms with Gasteiger partial charge in [-0.05, 0) is 128 Å². The van der Waals surface area contributed by atoms with Crippen LogP contribution in [0.5, 0.6) is 0 Å². The first-order valence-electron chi connectivity index (χ1n) is 32.7. The Hall–Kier alpha value is -4.11. The first kappa shape index (κ1) is 77.9. The van der Waals surface area contributed by atoms with Crippen LogP contribution >= 0.6 is 7.82 Å². The summed E-state index contributed by atoms with van der Waals surface area (Å²) >= 11 is 0. The van der Waals surface area contributed by atoms with Crippen molar-refractivity contribution < 1.29 is 37.3 Å². The summed E-state index contributed by atoms with van der Waals surface area (Å²) in [5, 5.41) is 3.04. The molecule has 1 amide bonds. The van der Waals surface area contributed by atoms with Gasteiger partial charge >= 0.3 is 13.8 Å². The van der Waals surface area contributed by atoms with Crippen molar-refractivity contribution in [3.05, 3.63) is 146 Å². The summed E-state index contributed by atoms with van der Waals surface area (Å²) in [4.78, 5) is 37.8. The number of phosphoric ester groups is 1. The third kappa shape index (κ3) is 60.5. The maximum atomic E-state index is 13.6. The van der Waals surface area contributed by atoms with Crippen molar-refractivity contribution in [1.29, 1.82) is 0 Å².